The van der Waals surface area contributed by atoms with E-state index in [0.717, 1.165) is 22.7 Å². The van der Waals surface area contributed by atoms with E-state index in [0.29, 0.717) is 27.9 Å². The molecule has 0 heterocycles. The second-order valence-electron chi connectivity index (χ2n) is 10.8. The zero-order valence-corrected chi connectivity index (χ0v) is 29.1. The van der Waals surface area contributed by atoms with Crippen molar-refractivity contribution in [3.63, 3.8) is 0 Å². The van der Waals surface area contributed by atoms with E-state index in [4.69, 9.17) is 39.5 Å². The maximum Gasteiger partial charge on any atom is 0.264 e. The number of nitrogens with one attached hydrogen (secondary N) is 1. The number of ether oxygens (including phenoxy) is 1. The standard InChI is InChI=1S/C35H36Cl3N3O5S/c1-3-4-19-39-35(43)32(20-25-11-7-5-8-12-25)40(23-26-15-16-27(36)21-30(26)37)34(42)24-41(28-17-18-33(46-2)31(38)22-28)47(44,45)29-13-9-6-10-14-29/h5-18,21-22,32H,3-4,19-20,23-24H2,1-2H3,(H,39,43). The summed E-state index contributed by atoms with van der Waals surface area (Å²) in [6, 6.07) is 25.4. The van der Waals surface area contributed by atoms with Crippen LogP contribution in [0, 0.1) is 0 Å². The van der Waals surface area contributed by atoms with E-state index >= 15 is 0 Å². The van der Waals surface area contributed by atoms with Gasteiger partial charge in [-0.1, -0.05) is 103 Å². The highest BCUT2D eigenvalue weighted by Gasteiger charge is 2.35. The number of hydrogen-bond donors (Lipinski definition) is 1. The Morgan fingerprint density at radius 1 is 0.872 bits per heavy atom. The number of halogens is 3. The van der Waals surface area contributed by atoms with E-state index in [9.17, 15) is 18.0 Å². The second kappa shape index (κ2) is 16.9. The van der Waals surface area contributed by atoms with Crippen LogP contribution in [-0.4, -0.2) is 51.4 Å². The third-order valence-corrected chi connectivity index (χ3v) is 10.2. The molecular formula is C35H36Cl3N3O5S. The van der Waals surface area contributed by atoms with Crippen LogP contribution in [0.3, 0.4) is 0 Å². The van der Waals surface area contributed by atoms with Crippen molar-refractivity contribution in [1.82, 2.24) is 10.2 Å². The van der Waals surface area contributed by atoms with Crippen LogP contribution in [0.4, 0.5) is 5.69 Å². The molecule has 0 spiro atoms. The first-order valence-corrected chi connectivity index (χ1v) is 17.6. The first-order chi connectivity index (χ1) is 22.5. The lowest BCUT2D eigenvalue weighted by Crippen LogP contribution is -2.53. The number of carbonyl (C=O) groups excluding carboxylic acids is 2. The van der Waals surface area contributed by atoms with Crippen LogP contribution in [0.5, 0.6) is 5.75 Å². The Kier molecular flexibility index (Phi) is 13.0. The highest BCUT2D eigenvalue weighted by atomic mass is 35.5. The molecule has 0 fully saturated rings. The number of amides is 2. The summed E-state index contributed by atoms with van der Waals surface area (Å²) >= 11 is 19.2. The third-order valence-electron chi connectivity index (χ3n) is 7.49. The summed E-state index contributed by atoms with van der Waals surface area (Å²) in [4.78, 5) is 29.8. The van der Waals surface area contributed by atoms with E-state index in [2.05, 4.69) is 5.32 Å². The molecular weight excluding hydrogens is 681 g/mol. The zero-order chi connectivity index (χ0) is 34.0. The molecule has 12 heteroatoms. The SMILES string of the molecule is CCCCNC(=O)C(Cc1ccccc1)N(Cc1ccc(Cl)cc1Cl)C(=O)CN(c1ccc(OC)c(Cl)c1)S(=O)(=O)c1ccccc1. The Morgan fingerprint density at radius 3 is 2.17 bits per heavy atom. The minimum Gasteiger partial charge on any atom is -0.495 e. The first-order valence-electron chi connectivity index (χ1n) is 15.0. The molecule has 8 nitrogen and oxygen atoms in total. The van der Waals surface area contributed by atoms with Gasteiger partial charge in [0.05, 0.1) is 22.7 Å². The highest BCUT2D eigenvalue weighted by molar-refractivity contribution is 7.92. The average Bonchev–Trinajstić information content (AvgIpc) is 3.06. The molecule has 1 N–H and O–H groups in total. The molecule has 1 atom stereocenters. The Balaban J connectivity index is 1.82. The van der Waals surface area contributed by atoms with Crippen molar-refractivity contribution >= 4 is 62.3 Å². The van der Waals surface area contributed by atoms with E-state index < -0.39 is 28.5 Å². The van der Waals surface area contributed by atoms with Crippen LogP contribution >= 0.6 is 34.8 Å². The summed E-state index contributed by atoms with van der Waals surface area (Å²) in [5, 5.41) is 3.83. The number of carbonyl (C=O) groups is 2. The number of methoxy groups -OCH3 is 1. The van der Waals surface area contributed by atoms with Crippen LogP contribution in [0.25, 0.3) is 0 Å². The van der Waals surface area contributed by atoms with E-state index in [-0.39, 0.29) is 34.5 Å². The summed E-state index contributed by atoms with van der Waals surface area (Å²) in [7, 11) is -2.84. The molecule has 0 bridgehead atoms. The van der Waals surface area contributed by atoms with Gasteiger partial charge in [0.15, 0.2) is 0 Å². The lowest BCUT2D eigenvalue weighted by Gasteiger charge is -2.34. The van der Waals surface area contributed by atoms with Gasteiger partial charge >= 0.3 is 0 Å². The van der Waals surface area contributed by atoms with Gasteiger partial charge in [-0.15, -0.1) is 0 Å². The van der Waals surface area contributed by atoms with Gasteiger partial charge < -0.3 is 15.0 Å². The molecule has 0 saturated heterocycles. The van der Waals surface area contributed by atoms with E-state index in [1.807, 2.05) is 37.3 Å². The van der Waals surface area contributed by atoms with Gasteiger partial charge in [-0.25, -0.2) is 8.42 Å². The van der Waals surface area contributed by atoms with Gasteiger partial charge in [0.25, 0.3) is 10.0 Å². The van der Waals surface area contributed by atoms with E-state index in [1.54, 1.807) is 36.4 Å². The molecule has 248 valence electrons. The quantitative estimate of drug-likeness (QED) is 0.129. The fraction of sp³-hybridized carbons (Fsp3) is 0.257. The maximum absolute atomic E-state index is 14.6. The number of unbranched alkanes of at least 4 members (excludes halogenated alkanes) is 1. The molecule has 0 saturated carbocycles. The molecule has 0 aromatic heterocycles. The molecule has 0 aliphatic rings. The van der Waals surface area contributed by atoms with Crippen LogP contribution in [0.15, 0.2) is 102 Å². The van der Waals surface area contributed by atoms with Gasteiger partial charge in [0, 0.05) is 29.6 Å². The van der Waals surface area contributed by atoms with Crippen molar-refractivity contribution in [1.29, 1.82) is 0 Å². The van der Waals surface area contributed by atoms with Crippen molar-refractivity contribution in [2.75, 3.05) is 24.5 Å². The van der Waals surface area contributed by atoms with Gasteiger partial charge in [0.1, 0.15) is 18.3 Å². The summed E-state index contributed by atoms with van der Waals surface area (Å²) < 4.78 is 34.5. The fourth-order valence-electron chi connectivity index (χ4n) is 4.95. The number of benzene rings is 4. The topological polar surface area (TPSA) is 96.0 Å². The average molecular weight is 717 g/mol. The number of hydrogen-bond acceptors (Lipinski definition) is 5. The van der Waals surface area contributed by atoms with E-state index in [1.165, 1.54) is 42.3 Å². The summed E-state index contributed by atoms with van der Waals surface area (Å²) in [6.07, 6.45) is 1.79. The smallest absolute Gasteiger partial charge is 0.264 e. The molecule has 4 rings (SSSR count). The molecule has 47 heavy (non-hydrogen) atoms. The van der Waals surface area contributed by atoms with Crippen molar-refractivity contribution in [3.8, 4) is 5.75 Å². The lowest BCUT2D eigenvalue weighted by molar-refractivity contribution is -0.140. The summed E-state index contributed by atoms with van der Waals surface area (Å²) in [5.74, 6) is -0.663. The fourth-order valence-corrected chi connectivity index (χ4v) is 7.10. The Bertz CT molecular complexity index is 1780. The van der Waals surface area contributed by atoms with Gasteiger partial charge in [0.2, 0.25) is 11.8 Å². The highest BCUT2D eigenvalue weighted by Crippen LogP contribution is 2.32. The number of sulfonamides is 1. The summed E-state index contributed by atoms with van der Waals surface area (Å²) in [6.45, 7) is 1.71. The van der Waals surface area contributed by atoms with Crippen LogP contribution < -0.4 is 14.4 Å². The maximum atomic E-state index is 14.6. The minimum atomic E-state index is -4.29. The molecule has 0 aliphatic heterocycles. The minimum absolute atomic E-state index is 0.0230. The van der Waals surface area contributed by atoms with Crippen LogP contribution in [0.2, 0.25) is 15.1 Å². The predicted octanol–water partition coefficient (Wildman–Crippen LogP) is 7.41. The first kappa shape index (κ1) is 36.1. The number of nitrogens with zero attached hydrogens (tertiary/aromatic N) is 2. The van der Waals surface area contributed by atoms with Crippen molar-refractivity contribution < 1.29 is 22.7 Å². The largest absolute Gasteiger partial charge is 0.495 e. The number of rotatable bonds is 15. The predicted molar refractivity (Wildman–Crippen MR) is 188 cm³/mol. The third kappa shape index (κ3) is 9.41. The molecule has 1 unspecified atom stereocenters. The second-order valence-corrected chi connectivity index (χ2v) is 13.9. The normalized spacial score (nSPS) is 11.9. The summed E-state index contributed by atoms with van der Waals surface area (Å²) in [5.41, 5.74) is 1.50. The molecule has 4 aromatic rings. The monoisotopic (exact) mass is 715 g/mol. The molecule has 2 amide bonds. The Hall–Kier alpha value is -3.76. The van der Waals surface area contributed by atoms with Crippen LogP contribution in [-0.2, 0) is 32.6 Å². The van der Waals surface area contributed by atoms with Crippen molar-refractivity contribution in [2.45, 2.75) is 43.7 Å². The lowest BCUT2D eigenvalue weighted by atomic mass is 10.0. The molecule has 0 radical (unpaired) electrons. The number of anilines is 1. The van der Waals surface area contributed by atoms with Crippen molar-refractivity contribution in [2.24, 2.45) is 0 Å². The zero-order valence-electron chi connectivity index (χ0n) is 26.0. The van der Waals surface area contributed by atoms with Gasteiger partial charge in [-0.2, -0.15) is 0 Å². The van der Waals surface area contributed by atoms with Gasteiger partial charge in [-0.3, -0.25) is 13.9 Å². The molecule has 4 aromatic carbocycles. The Labute approximate surface area is 291 Å². The Morgan fingerprint density at radius 2 is 1.55 bits per heavy atom. The molecule has 0 aliphatic carbocycles. The van der Waals surface area contributed by atoms with Gasteiger partial charge in [-0.05, 0) is 60.0 Å². The van der Waals surface area contributed by atoms with Crippen LogP contribution in [0.1, 0.15) is 30.9 Å². The van der Waals surface area contributed by atoms with Crippen molar-refractivity contribution in [3.05, 3.63) is 123 Å².